The first-order valence-corrected chi connectivity index (χ1v) is 7.94. The number of carbonyl (C=O) groups excluding carboxylic acids is 1. The minimum atomic E-state index is -0.850. The van der Waals surface area contributed by atoms with E-state index in [1.54, 1.807) is 7.11 Å². The minimum absolute atomic E-state index is 0.0609. The van der Waals surface area contributed by atoms with Crippen molar-refractivity contribution in [3.05, 3.63) is 29.8 Å². The highest BCUT2D eigenvalue weighted by molar-refractivity contribution is 5.74. The number of aliphatic carboxylic acids is 1. The van der Waals surface area contributed by atoms with E-state index in [2.05, 4.69) is 16.7 Å². The molecule has 0 aliphatic heterocycles. The third-order valence-corrected chi connectivity index (χ3v) is 4.43. The predicted octanol–water partition coefficient (Wildman–Crippen LogP) is 2.28. The summed E-state index contributed by atoms with van der Waals surface area (Å²) in [6.07, 6.45) is 3.67. The Balaban J connectivity index is 1.87. The average molecular weight is 320 g/mol. The van der Waals surface area contributed by atoms with Crippen LogP contribution in [0.5, 0.6) is 5.75 Å². The Morgan fingerprint density at radius 3 is 2.61 bits per heavy atom. The number of para-hydroxylation sites is 1. The van der Waals surface area contributed by atoms with Gasteiger partial charge in [0, 0.05) is 30.5 Å². The van der Waals surface area contributed by atoms with Gasteiger partial charge in [-0.05, 0) is 25.3 Å². The van der Waals surface area contributed by atoms with Gasteiger partial charge in [-0.3, -0.25) is 4.79 Å². The molecule has 0 aromatic heterocycles. The van der Waals surface area contributed by atoms with Crippen LogP contribution >= 0.6 is 0 Å². The number of nitrogens with one attached hydrogen (secondary N) is 2. The molecule has 1 aliphatic carbocycles. The molecule has 0 atom stereocenters. The van der Waals surface area contributed by atoms with Crippen molar-refractivity contribution in [3.8, 4) is 5.75 Å². The largest absolute Gasteiger partial charge is 0.496 e. The molecule has 6 heteroatoms. The van der Waals surface area contributed by atoms with Crippen LogP contribution in [0.2, 0.25) is 0 Å². The zero-order valence-corrected chi connectivity index (χ0v) is 13.4. The van der Waals surface area contributed by atoms with Crippen molar-refractivity contribution in [2.75, 3.05) is 20.2 Å². The van der Waals surface area contributed by atoms with Gasteiger partial charge >= 0.3 is 12.0 Å². The molecular weight excluding hydrogens is 296 g/mol. The lowest BCUT2D eigenvalue weighted by atomic mass is 9.64. The standard InChI is InChI=1S/C17H24N2O4/c1-23-14-7-3-2-6-13(14)17(9-5-10-17)12-19-16(22)18-11-4-8-15(20)21/h2-3,6-7H,4-5,8-12H2,1H3,(H,20,21)(H2,18,19,22). The number of carboxylic acid groups (broad SMARTS) is 1. The lowest BCUT2D eigenvalue weighted by molar-refractivity contribution is -0.137. The van der Waals surface area contributed by atoms with Crippen LogP contribution in [0.1, 0.15) is 37.7 Å². The van der Waals surface area contributed by atoms with E-state index in [0.717, 1.165) is 30.6 Å². The molecule has 2 amide bonds. The van der Waals surface area contributed by atoms with Gasteiger partial charge in [0.2, 0.25) is 0 Å². The molecule has 0 heterocycles. The molecule has 1 saturated carbocycles. The highest BCUT2D eigenvalue weighted by atomic mass is 16.5. The molecule has 0 saturated heterocycles. The molecule has 1 aromatic rings. The Bertz CT molecular complexity index is 555. The van der Waals surface area contributed by atoms with E-state index >= 15 is 0 Å². The molecule has 1 aromatic carbocycles. The van der Waals surface area contributed by atoms with Gasteiger partial charge in [0.05, 0.1) is 7.11 Å². The number of urea groups is 1. The monoisotopic (exact) mass is 320 g/mol. The normalized spacial score (nSPS) is 15.3. The first-order chi connectivity index (χ1) is 11.1. The van der Waals surface area contributed by atoms with Crippen LogP contribution in [0.4, 0.5) is 4.79 Å². The summed E-state index contributed by atoms with van der Waals surface area (Å²) in [5.74, 6) is 0.00710. The van der Waals surface area contributed by atoms with Crippen LogP contribution in [0.25, 0.3) is 0 Å². The van der Waals surface area contributed by atoms with E-state index in [1.807, 2.05) is 18.2 Å². The molecule has 3 N–H and O–H groups in total. The quantitative estimate of drug-likeness (QED) is 0.641. The average Bonchev–Trinajstić information content (AvgIpc) is 2.51. The molecule has 1 fully saturated rings. The van der Waals surface area contributed by atoms with Gasteiger partial charge < -0.3 is 20.5 Å². The van der Waals surface area contributed by atoms with Crippen molar-refractivity contribution < 1.29 is 19.4 Å². The van der Waals surface area contributed by atoms with Crippen molar-refractivity contribution in [3.63, 3.8) is 0 Å². The van der Waals surface area contributed by atoms with Crippen LogP contribution in [-0.4, -0.2) is 37.3 Å². The number of carboxylic acids is 1. The molecule has 1 aliphatic rings. The summed E-state index contributed by atoms with van der Waals surface area (Å²) >= 11 is 0. The zero-order chi connectivity index (χ0) is 16.7. The van der Waals surface area contributed by atoms with E-state index in [9.17, 15) is 9.59 Å². The van der Waals surface area contributed by atoms with E-state index in [0.29, 0.717) is 19.5 Å². The van der Waals surface area contributed by atoms with E-state index < -0.39 is 5.97 Å². The summed E-state index contributed by atoms with van der Waals surface area (Å²) < 4.78 is 5.45. The Morgan fingerprint density at radius 2 is 2.00 bits per heavy atom. The Morgan fingerprint density at radius 1 is 1.26 bits per heavy atom. The van der Waals surface area contributed by atoms with Crippen LogP contribution < -0.4 is 15.4 Å². The second-order valence-corrected chi connectivity index (χ2v) is 5.94. The first-order valence-electron chi connectivity index (χ1n) is 7.94. The molecule has 0 bridgehead atoms. The van der Waals surface area contributed by atoms with E-state index in [-0.39, 0.29) is 17.9 Å². The second kappa shape index (κ2) is 7.85. The smallest absolute Gasteiger partial charge is 0.314 e. The summed E-state index contributed by atoms with van der Waals surface area (Å²) in [6, 6.07) is 7.68. The van der Waals surface area contributed by atoms with Gasteiger partial charge in [-0.1, -0.05) is 24.6 Å². The lowest BCUT2D eigenvalue weighted by Gasteiger charge is -2.43. The fourth-order valence-electron chi connectivity index (χ4n) is 2.98. The third-order valence-electron chi connectivity index (χ3n) is 4.43. The summed E-state index contributed by atoms with van der Waals surface area (Å²) in [6.45, 7) is 0.915. The van der Waals surface area contributed by atoms with Gasteiger partial charge in [0.15, 0.2) is 0 Å². The number of methoxy groups -OCH3 is 1. The number of carbonyl (C=O) groups is 2. The Hall–Kier alpha value is -2.24. The highest BCUT2D eigenvalue weighted by Gasteiger charge is 2.40. The maximum atomic E-state index is 11.9. The molecule has 126 valence electrons. The molecule has 0 unspecified atom stereocenters. The first kappa shape index (κ1) is 17.1. The van der Waals surface area contributed by atoms with Crippen LogP contribution in [0, 0.1) is 0 Å². The predicted molar refractivity (Wildman–Crippen MR) is 86.8 cm³/mol. The fourth-order valence-corrected chi connectivity index (χ4v) is 2.98. The summed E-state index contributed by atoms with van der Waals surface area (Å²) in [5, 5.41) is 14.2. The molecule has 0 radical (unpaired) electrons. The van der Waals surface area contributed by atoms with Gasteiger partial charge in [-0.2, -0.15) is 0 Å². The van der Waals surface area contributed by atoms with E-state index in [1.165, 1.54) is 0 Å². The molecular formula is C17H24N2O4. The maximum absolute atomic E-state index is 11.9. The lowest BCUT2D eigenvalue weighted by Crippen LogP contribution is -2.48. The molecule has 6 nitrogen and oxygen atoms in total. The number of ether oxygens (including phenoxy) is 1. The Kier molecular flexibility index (Phi) is 5.84. The van der Waals surface area contributed by atoms with Crippen molar-refractivity contribution in [1.82, 2.24) is 10.6 Å². The van der Waals surface area contributed by atoms with Gasteiger partial charge in [0.1, 0.15) is 5.75 Å². The van der Waals surface area contributed by atoms with Crippen LogP contribution in [0.15, 0.2) is 24.3 Å². The zero-order valence-electron chi connectivity index (χ0n) is 13.4. The number of hydrogen-bond donors (Lipinski definition) is 3. The van der Waals surface area contributed by atoms with Gasteiger partial charge in [-0.25, -0.2) is 4.79 Å². The van der Waals surface area contributed by atoms with E-state index in [4.69, 9.17) is 9.84 Å². The van der Waals surface area contributed by atoms with Crippen molar-refractivity contribution in [2.45, 2.75) is 37.5 Å². The SMILES string of the molecule is COc1ccccc1C1(CNC(=O)NCCCC(=O)O)CCC1. The fraction of sp³-hybridized carbons (Fsp3) is 0.529. The summed E-state index contributed by atoms with van der Waals surface area (Å²) in [5.41, 5.74) is 1.07. The number of benzene rings is 1. The molecule has 2 rings (SSSR count). The number of hydrogen-bond acceptors (Lipinski definition) is 3. The topological polar surface area (TPSA) is 87.7 Å². The third kappa shape index (κ3) is 4.37. The van der Waals surface area contributed by atoms with Crippen molar-refractivity contribution in [2.24, 2.45) is 0 Å². The van der Waals surface area contributed by atoms with Crippen molar-refractivity contribution in [1.29, 1.82) is 0 Å². The van der Waals surface area contributed by atoms with Gasteiger partial charge in [-0.15, -0.1) is 0 Å². The molecule has 23 heavy (non-hydrogen) atoms. The second-order valence-electron chi connectivity index (χ2n) is 5.94. The van der Waals surface area contributed by atoms with Gasteiger partial charge in [0.25, 0.3) is 0 Å². The van der Waals surface area contributed by atoms with Crippen molar-refractivity contribution >= 4 is 12.0 Å². The summed E-state index contributed by atoms with van der Waals surface area (Å²) in [4.78, 5) is 22.3. The maximum Gasteiger partial charge on any atom is 0.314 e. The highest BCUT2D eigenvalue weighted by Crippen LogP contribution is 2.46. The Labute approximate surface area is 136 Å². The summed E-state index contributed by atoms with van der Waals surface area (Å²) in [7, 11) is 1.66. The number of rotatable bonds is 8. The van der Waals surface area contributed by atoms with Crippen LogP contribution in [-0.2, 0) is 10.2 Å². The molecule has 0 spiro atoms. The van der Waals surface area contributed by atoms with Crippen LogP contribution in [0.3, 0.4) is 0 Å². The number of amides is 2. The minimum Gasteiger partial charge on any atom is -0.496 e.